The number of hydrogen-bond acceptors (Lipinski definition) is 4. The Morgan fingerprint density at radius 1 is 1.07 bits per heavy atom. The predicted molar refractivity (Wildman–Crippen MR) is 114 cm³/mol. The fourth-order valence-electron chi connectivity index (χ4n) is 3.61. The van der Waals surface area contributed by atoms with E-state index in [4.69, 9.17) is 4.74 Å². The third-order valence-corrected chi connectivity index (χ3v) is 5.34. The molecule has 0 aliphatic carbocycles. The number of aromatic nitrogens is 2. The van der Waals surface area contributed by atoms with Gasteiger partial charge in [-0.05, 0) is 42.8 Å². The van der Waals surface area contributed by atoms with Crippen LogP contribution in [-0.2, 0) is 6.54 Å². The van der Waals surface area contributed by atoms with Gasteiger partial charge in [-0.25, -0.2) is 4.98 Å². The Morgan fingerprint density at radius 3 is 2.55 bits per heavy atom. The number of piperazine rings is 1. The van der Waals surface area contributed by atoms with Crippen molar-refractivity contribution in [1.29, 1.82) is 0 Å². The number of ether oxygens (including phenoxy) is 1. The van der Waals surface area contributed by atoms with E-state index < -0.39 is 0 Å². The van der Waals surface area contributed by atoms with E-state index in [1.54, 1.807) is 0 Å². The zero-order chi connectivity index (χ0) is 20.1. The molecule has 152 valence electrons. The van der Waals surface area contributed by atoms with Gasteiger partial charge in [-0.15, -0.1) is 0 Å². The predicted octanol–water partition coefficient (Wildman–Crippen LogP) is 3.70. The zero-order valence-electron chi connectivity index (χ0n) is 16.9. The molecule has 2 heterocycles. The monoisotopic (exact) mass is 392 g/mol. The van der Waals surface area contributed by atoms with Gasteiger partial charge in [0.2, 0.25) is 0 Å². The van der Waals surface area contributed by atoms with Crippen molar-refractivity contribution >= 4 is 16.9 Å². The molecule has 0 radical (unpaired) electrons. The highest BCUT2D eigenvalue weighted by Gasteiger charge is 2.22. The summed E-state index contributed by atoms with van der Waals surface area (Å²) < 4.78 is 5.68. The summed E-state index contributed by atoms with van der Waals surface area (Å²) in [6, 6.07) is 15.6. The lowest BCUT2D eigenvalue weighted by atomic mass is 10.1. The van der Waals surface area contributed by atoms with Crippen molar-refractivity contribution in [2.24, 2.45) is 0 Å². The molecule has 1 N–H and O–H groups in total. The molecule has 1 amide bonds. The van der Waals surface area contributed by atoms with Crippen molar-refractivity contribution in [1.82, 2.24) is 19.8 Å². The van der Waals surface area contributed by atoms with Crippen molar-refractivity contribution in [3.8, 4) is 5.75 Å². The minimum absolute atomic E-state index is 0.0912. The molecular weight excluding hydrogens is 364 g/mol. The van der Waals surface area contributed by atoms with Gasteiger partial charge in [0.25, 0.3) is 5.91 Å². The molecule has 0 bridgehead atoms. The largest absolute Gasteiger partial charge is 0.494 e. The van der Waals surface area contributed by atoms with E-state index in [-0.39, 0.29) is 5.91 Å². The number of rotatable bonds is 7. The first-order valence-corrected chi connectivity index (χ1v) is 10.4. The molecule has 1 saturated heterocycles. The second-order valence-corrected chi connectivity index (χ2v) is 7.50. The Kier molecular flexibility index (Phi) is 6.10. The number of para-hydroxylation sites is 2. The minimum atomic E-state index is 0.0912. The van der Waals surface area contributed by atoms with Gasteiger partial charge in [0.05, 0.1) is 24.2 Å². The van der Waals surface area contributed by atoms with Crippen LogP contribution >= 0.6 is 0 Å². The number of hydrogen-bond donors (Lipinski definition) is 1. The zero-order valence-corrected chi connectivity index (χ0v) is 16.9. The molecular formula is C23H28N4O2. The third kappa shape index (κ3) is 4.77. The number of amides is 1. The molecule has 3 aromatic rings. The summed E-state index contributed by atoms with van der Waals surface area (Å²) in [5, 5.41) is 0. The van der Waals surface area contributed by atoms with Crippen LogP contribution in [0.4, 0.5) is 0 Å². The van der Waals surface area contributed by atoms with Crippen molar-refractivity contribution in [2.45, 2.75) is 26.3 Å². The number of benzene rings is 2. The quantitative estimate of drug-likeness (QED) is 0.623. The van der Waals surface area contributed by atoms with Gasteiger partial charge in [0.15, 0.2) is 0 Å². The lowest BCUT2D eigenvalue weighted by Gasteiger charge is -2.34. The third-order valence-electron chi connectivity index (χ3n) is 5.34. The smallest absolute Gasteiger partial charge is 0.253 e. The fourth-order valence-corrected chi connectivity index (χ4v) is 3.61. The topological polar surface area (TPSA) is 61.5 Å². The number of imidazole rings is 1. The summed E-state index contributed by atoms with van der Waals surface area (Å²) in [5.74, 6) is 1.89. The van der Waals surface area contributed by atoms with Crippen LogP contribution in [0, 0.1) is 0 Å². The Morgan fingerprint density at radius 2 is 1.83 bits per heavy atom. The van der Waals surface area contributed by atoms with Crippen LogP contribution < -0.4 is 4.74 Å². The van der Waals surface area contributed by atoms with Crippen molar-refractivity contribution in [3.05, 3.63) is 59.9 Å². The first-order valence-electron chi connectivity index (χ1n) is 10.4. The van der Waals surface area contributed by atoms with Gasteiger partial charge in [0.1, 0.15) is 11.6 Å². The van der Waals surface area contributed by atoms with Crippen LogP contribution in [0.2, 0.25) is 0 Å². The maximum atomic E-state index is 12.8. The first kappa shape index (κ1) is 19.5. The van der Waals surface area contributed by atoms with E-state index >= 15 is 0 Å². The maximum Gasteiger partial charge on any atom is 0.253 e. The molecule has 0 atom stereocenters. The average Bonchev–Trinajstić information content (AvgIpc) is 3.17. The van der Waals surface area contributed by atoms with E-state index in [1.165, 1.54) is 0 Å². The second kappa shape index (κ2) is 9.09. The number of unbranched alkanes of at least 4 members (excludes halogenated alkanes) is 1. The lowest BCUT2D eigenvalue weighted by Crippen LogP contribution is -2.48. The van der Waals surface area contributed by atoms with E-state index in [0.717, 1.165) is 80.3 Å². The highest BCUT2D eigenvalue weighted by Crippen LogP contribution is 2.17. The molecule has 0 unspecified atom stereocenters. The highest BCUT2D eigenvalue weighted by atomic mass is 16.5. The molecule has 2 aromatic carbocycles. The minimum Gasteiger partial charge on any atom is -0.494 e. The summed E-state index contributed by atoms with van der Waals surface area (Å²) in [6.07, 6.45) is 2.15. The maximum absolute atomic E-state index is 12.8. The molecule has 1 fully saturated rings. The Hall–Kier alpha value is -2.86. The van der Waals surface area contributed by atoms with Crippen molar-refractivity contribution in [2.75, 3.05) is 32.8 Å². The molecule has 6 heteroatoms. The molecule has 4 rings (SSSR count). The second-order valence-electron chi connectivity index (χ2n) is 7.50. The van der Waals surface area contributed by atoms with E-state index in [0.29, 0.717) is 0 Å². The summed E-state index contributed by atoms with van der Waals surface area (Å²) in [6.45, 7) is 6.79. The number of nitrogens with one attached hydrogen (secondary N) is 1. The fraction of sp³-hybridized carbons (Fsp3) is 0.391. The van der Waals surface area contributed by atoms with Crippen LogP contribution in [0.3, 0.4) is 0 Å². The number of nitrogens with zero attached hydrogens (tertiary/aromatic N) is 3. The van der Waals surface area contributed by atoms with Crippen LogP contribution in [0.15, 0.2) is 48.5 Å². The van der Waals surface area contributed by atoms with Crippen LogP contribution in [0.5, 0.6) is 5.75 Å². The van der Waals surface area contributed by atoms with Gasteiger partial charge < -0.3 is 14.6 Å². The van der Waals surface area contributed by atoms with E-state index in [2.05, 4.69) is 21.8 Å². The van der Waals surface area contributed by atoms with Crippen LogP contribution in [0.25, 0.3) is 11.0 Å². The first-order chi connectivity index (χ1) is 14.2. The van der Waals surface area contributed by atoms with Gasteiger partial charge >= 0.3 is 0 Å². The van der Waals surface area contributed by atoms with Crippen LogP contribution in [0.1, 0.15) is 35.9 Å². The number of aromatic amines is 1. The SMILES string of the molecule is CCCCOc1ccc(C(=O)N2CCN(Cc3nc4ccccc4[nH]3)CC2)cc1. The summed E-state index contributed by atoms with van der Waals surface area (Å²) >= 11 is 0. The van der Waals surface area contributed by atoms with Crippen molar-refractivity contribution in [3.63, 3.8) is 0 Å². The number of fused-ring (bicyclic) bond motifs is 1. The highest BCUT2D eigenvalue weighted by molar-refractivity contribution is 5.94. The van der Waals surface area contributed by atoms with Gasteiger partial charge in [-0.3, -0.25) is 9.69 Å². The van der Waals surface area contributed by atoms with Gasteiger partial charge in [0, 0.05) is 31.7 Å². The number of H-pyrrole nitrogens is 1. The van der Waals surface area contributed by atoms with E-state index in [1.807, 2.05) is 53.4 Å². The summed E-state index contributed by atoms with van der Waals surface area (Å²) in [4.78, 5) is 25.1. The summed E-state index contributed by atoms with van der Waals surface area (Å²) in [5.41, 5.74) is 2.79. The number of carbonyl (C=O) groups excluding carboxylic acids is 1. The van der Waals surface area contributed by atoms with Gasteiger partial charge in [-0.2, -0.15) is 0 Å². The normalized spacial score (nSPS) is 15.0. The molecule has 6 nitrogen and oxygen atoms in total. The molecule has 29 heavy (non-hydrogen) atoms. The average molecular weight is 393 g/mol. The Bertz CT molecular complexity index is 910. The number of carbonyl (C=O) groups is 1. The van der Waals surface area contributed by atoms with Crippen molar-refractivity contribution < 1.29 is 9.53 Å². The lowest BCUT2D eigenvalue weighted by molar-refractivity contribution is 0.0626. The molecule has 0 saturated carbocycles. The molecule has 1 aliphatic rings. The van der Waals surface area contributed by atoms with Crippen LogP contribution in [-0.4, -0.2) is 58.5 Å². The van der Waals surface area contributed by atoms with Gasteiger partial charge in [-0.1, -0.05) is 25.5 Å². The molecule has 1 aliphatic heterocycles. The van der Waals surface area contributed by atoms with E-state index in [9.17, 15) is 4.79 Å². The Labute approximate surface area is 171 Å². The summed E-state index contributed by atoms with van der Waals surface area (Å²) in [7, 11) is 0. The standard InChI is InChI=1S/C23H28N4O2/c1-2-3-16-29-19-10-8-18(9-11-19)23(28)27-14-12-26(13-15-27)17-22-24-20-6-4-5-7-21(20)25-22/h4-11H,2-3,12-17H2,1H3,(H,24,25). The molecule has 0 spiro atoms. The Balaban J connectivity index is 1.29. The molecule has 1 aromatic heterocycles.